The Hall–Kier alpha value is -1.93. The Kier molecular flexibility index (Phi) is 3.90. The third-order valence-corrected chi connectivity index (χ3v) is 3.09. The second-order valence-electron chi connectivity index (χ2n) is 3.60. The molecule has 1 aromatic heterocycles. The molecule has 0 aliphatic heterocycles. The van der Waals surface area contributed by atoms with E-state index in [-0.39, 0.29) is 5.82 Å². The fraction of sp³-hybridized carbons (Fsp3) is 0.0769. The Morgan fingerprint density at radius 3 is 3.00 bits per heavy atom. The number of aromatic nitrogens is 1. The molecule has 2 rings (SSSR count). The van der Waals surface area contributed by atoms with E-state index in [4.69, 9.17) is 5.26 Å². The Balaban J connectivity index is 2.17. The van der Waals surface area contributed by atoms with E-state index in [0.29, 0.717) is 17.9 Å². The summed E-state index contributed by atoms with van der Waals surface area (Å²) in [5.41, 5.74) is 1.79. The minimum Gasteiger partial charge on any atom is -0.380 e. The zero-order valence-corrected chi connectivity index (χ0v) is 10.9. The standard InChI is InChI=1S/C13H9BrFN3/c14-11-4-3-10(15)6-12(11)18-8-9-2-1-5-17-13(9)7-16/h1-6,18H,8H2. The Morgan fingerprint density at radius 1 is 1.39 bits per heavy atom. The SMILES string of the molecule is N#Cc1ncccc1CNc1cc(F)ccc1Br. The molecular weight excluding hydrogens is 297 g/mol. The van der Waals surface area contributed by atoms with E-state index in [9.17, 15) is 4.39 Å². The molecule has 0 unspecified atom stereocenters. The van der Waals surface area contributed by atoms with Gasteiger partial charge in [0.1, 0.15) is 17.6 Å². The fourth-order valence-corrected chi connectivity index (χ4v) is 1.89. The van der Waals surface area contributed by atoms with Crippen LogP contribution in [0.25, 0.3) is 0 Å². The van der Waals surface area contributed by atoms with Crippen molar-refractivity contribution in [2.24, 2.45) is 0 Å². The number of nitriles is 1. The summed E-state index contributed by atoms with van der Waals surface area (Å²) in [7, 11) is 0. The predicted molar refractivity (Wildman–Crippen MR) is 70.4 cm³/mol. The van der Waals surface area contributed by atoms with Crippen molar-refractivity contribution in [3.63, 3.8) is 0 Å². The number of rotatable bonds is 3. The summed E-state index contributed by atoms with van der Waals surface area (Å²) in [5.74, 6) is -0.313. The maximum atomic E-state index is 13.1. The van der Waals surface area contributed by atoms with Crippen LogP contribution in [0.3, 0.4) is 0 Å². The quantitative estimate of drug-likeness (QED) is 0.944. The fourth-order valence-electron chi connectivity index (χ4n) is 1.51. The average Bonchev–Trinajstić information content (AvgIpc) is 2.40. The van der Waals surface area contributed by atoms with Gasteiger partial charge in [-0.2, -0.15) is 5.26 Å². The van der Waals surface area contributed by atoms with Gasteiger partial charge >= 0.3 is 0 Å². The van der Waals surface area contributed by atoms with Crippen LogP contribution in [0.15, 0.2) is 41.0 Å². The van der Waals surface area contributed by atoms with Gasteiger partial charge in [-0.05, 0) is 40.2 Å². The molecule has 3 nitrogen and oxygen atoms in total. The third kappa shape index (κ3) is 2.84. The number of halogens is 2. The van der Waals surface area contributed by atoms with E-state index < -0.39 is 0 Å². The predicted octanol–water partition coefficient (Wildman–Crippen LogP) is 3.47. The number of nitrogens with one attached hydrogen (secondary N) is 1. The van der Waals surface area contributed by atoms with Gasteiger partial charge < -0.3 is 5.32 Å². The monoisotopic (exact) mass is 305 g/mol. The van der Waals surface area contributed by atoms with Crippen molar-refractivity contribution in [3.05, 3.63) is 58.1 Å². The molecule has 0 spiro atoms. The second kappa shape index (κ2) is 5.61. The Bertz CT molecular complexity index is 607. The molecule has 0 fully saturated rings. The largest absolute Gasteiger partial charge is 0.380 e. The van der Waals surface area contributed by atoms with Gasteiger partial charge in [0.05, 0.1) is 5.69 Å². The number of nitrogens with zero attached hydrogens (tertiary/aromatic N) is 2. The lowest BCUT2D eigenvalue weighted by Crippen LogP contribution is -2.03. The number of anilines is 1. The number of pyridine rings is 1. The van der Waals surface area contributed by atoms with Crippen LogP contribution in [0.4, 0.5) is 10.1 Å². The lowest BCUT2D eigenvalue weighted by atomic mass is 10.2. The van der Waals surface area contributed by atoms with E-state index in [2.05, 4.69) is 26.2 Å². The molecule has 0 aliphatic carbocycles. The summed E-state index contributed by atoms with van der Waals surface area (Å²) < 4.78 is 13.9. The molecule has 18 heavy (non-hydrogen) atoms. The molecule has 5 heteroatoms. The van der Waals surface area contributed by atoms with Crippen molar-refractivity contribution in [1.82, 2.24) is 4.98 Å². The van der Waals surface area contributed by atoms with Crippen molar-refractivity contribution >= 4 is 21.6 Å². The van der Waals surface area contributed by atoms with E-state index in [1.165, 1.54) is 12.1 Å². The van der Waals surface area contributed by atoms with Crippen LogP contribution in [0.5, 0.6) is 0 Å². The maximum absolute atomic E-state index is 13.1. The number of hydrogen-bond acceptors (Lipinski definition) is 3. The first-order valence-electron chi connectivity index (χ1n) is 5.23. The average molecular weight is 306 g/mol. The molecule has 0 aliphatic rings. The Morgan fingerprint density at radius 2 is 2.22 bits per heavy atom. The van der Waals surface area contributed by atoms with Crippen molar-refractivity contribution in [2.75, 3.05) is 5.32 Å². The van der Waals surface area contributed by atoms with E-state index in [0.717, 1.165) is 10.0 Å². The van der Waals surface area contributed by atoms with Gasteiger partial charge in [-0.15, -0.1) is 0 Å². The van der Waals surface area contributed by atoms with Crippen LogP contribution in [-0.4, -0.2) is 4.98 Å². The van der Waals surface area contributed by atoms with Gasteiger partial charge in [0.25, 0.3) is 0 Å². The first-order chi connectivity index (χ1) is 8.70. The summed E-state index contributed by atoms with van der Waals surface area (Å²) in [6, 6.07) is 10.00. The summed E-state index contributed by atoms with van der Waals surface area (Å²) >= 11 is 3.33. The van der Waals surface area contributed by atoms with Gasteiger partial charge in [0, 0.05) is 22.8 Å². The topological polar surface area (TPSA) is 48.7 Å². The van der Waals surface area contributed by atoms with Gasteiger partial charge in [0.2, 0.25) is 0 Å². The second-order valence-corrected chi connectivity index (χ2v) is 4.45. The highest BCUT2D eigenvalue weighted by atomic mass is 79.9. The van der Waals surface area contributed by atoms with Gasteiger partial charge in [-0.1, -0.05) is 6.07 Å². The molecule has 1 N–H and O–H groups in total. The van der Waals surface area contributed by atoms with Crippen LogP contribution in [0, 0.1) is 17.1 Å². The van der Waals surface area contributed by atoms with Gasteiger partial charge in [-0.3, -0.25) is 0 Å². The highest BCUT2D eigenvalue weighted by Crippen LogP contribution is 2.23. The van der Waals surface area contributed by atoms with Crippen LogP contribution in [0.1, 0.15) is 11.3 Å². The molecule has 1 heterocycles. The van der Waals surface area contributed by atoms with Crippen LogP contribution in [0.2, 0.25) is 0 Å². The molecular formula is C13H9BrFN3. The molecule has 2 aromatic rings. The molecule has 1 aromatic carbocycles. The molecule has 0 saturated heterocycles. The Labute approximate surface area is 112 Å². The van der Waals surface area contributed by atoms with E-state index in [1.807, 2.05) is 12.1 Å². The van der Waals surface area contributed by atoms with Crippen molar-refractivity contribution < 1.29 is 4.39 Å². The maximum Gasteiger partial charge on any atom is 0.145 e. The molecule has 0 saturated carbocycles. The molecule has 0 bridgehead atoms. The number of benzene rings is 1. The zero-order valence-electron chi connectivity index (χ0n) is 9.32. The summed E-state index contributed by atoms with van der Waals surface area (Å²) in [6.07, 6.45) is 1.57. The lowest BCUT2D eigenvalue weighted by molar-refractivity contribution is 0.628. The normalized spacial score (nSPS) is 9.83. The third-order valence-electron chi connectivity index (χ3n) is 2.39. The minimum absolute atomic E-state index is 0.313. The van der Waals surface area contributed by atoms with Crippen LogP contribution < -0.4 is 5.32 Å². The van der Waals surface area contributed by atoms with Gasteiger partial charge in [0.15, 0.2) is 0 Å². The first-order valence-corrected chi connectivity index (χ1v) is 6.03. The van der Waals surface area contributed by atoms with Crippen molar-refractivity contribution in [2.45, 2.75) is 6.54 Å². The smallest absolute Gasteiger partial charge is 0.145 e. The molecule has 0 amide bonds. The van der Waals surface area contributed by atoms with Gasteiger partial charge in [-0.25, -0.2) is 9.37 Å². The van der Waals surface area contributed by atoms with Crippen molar-refractivity contribution in [1.29, 1.82) is 5.26 Å². The summed E-state index contributed by atoms with van der Waals surface area (Å²) in [4.78, 5) is 3.96. The minimum atomic E-state index is -0.313. The highest BCUT2D eigenvalue weighted by Gasteiger charge is 2.04. The molecule has 0 radical (unpaired) electrons. The first kappa shape index (κ1) is 12.5. The van der Waals surface area contributed by atoms with E-state index >= 15 is 0 Å². The highest BCUT2D eigenvalue weighted by molar-refractivity contribution is 9.10. The summed E-state index contributed by atoms with van der Waals surface area (Å²) in [5, 5.41) is 12.0. The summed E-state index contributed by atoms with van der Waals surface area (Å²) in [6.45, 7) is 0.415. The van der Waals surface area contributed by atoms with Crippen LogP contribution >= 0.6 is 15.9 Å². The lowest BCUT2D eigenvalue weighted by Gasteiger charge is -2.09. The van der Waals surface area contributed by atoms with Crippen molar-refractivity contribution in [3.8, 4) is 6.07 Å². The van der Waals surface area contributed by atoms with E-state index in [1.54, 1.807) is 18.3 Å². The molecule has 90 valence electrons. The van der Waals surface area contributed by atoms with Crippen LogP contribution in [-0.2, 0) is 6.54 Å². The number of hydrogen-bond donors (Lipinski definition) is 1. The molecule has 0 atom stereocenters. The zero-order chi connectivity index (χ0) is 13.0.